The Bertz CT molecular complexity index is 496. The molecule has 0 spiro atoms. The molecule has 0 amide bonds. The van der Waals surface area contributed by atoms with E-state index in [1.165, 1.54) is 18.5 Å². The van der Waals surface area contributed by atoms with Crippen LogP contribution in [0.3, 0.4) is 0 Å². The highest BCUT2D eigenvalue weighted by atomic mass is 19.1. The van der Waals surface area contributed by atoms with Crippen molar-refractivity contribution in [2.24, 2.45) is 0 Å². The first-order valence-corrected chi connectivity index (χ1v) is 4.76. The number of anilines is 3. The monoisotopic (exact) mass is 218 g/mol. The molecule has 0 aliphatic carbocycles. The van der Waals surface area contributed by atoms with E-state index in [1.54, 1.807) is 19.1 Å². The number of hydrogen-bond acceptors (Lipinski definition) is 4. The van der Waals surface area contributed by atoms with E-state index in [0.717, 1.165) is 0 Å². The van der Waals surface area contributed by atoms with Crippen molar-refractivity contribution in [1.82, 2.24) is 9.97 Å². The van der Waals surface area contributed by atoms with Crippen LogP contribution in [-0.2, 0) is 0 Å². The number of benzene rings is 1. The molecule has 0 aliphatic rings. The largest absolute Gasteiger partial charge is 0.396 e. The summed E-state index contributed by atoms with van der Waals surface area (Å²) in [4.78, 5) is 7.91. The van der Waals surface area contributed by atoms with Gasteiger partial charge in [0.1, 0.15) is 5.82 Å². The molecule has 5 heteroatoms. The van der Waals surface area contributed by atoms with E-state index in [-0.39, 0.29) is 5.82 Å². The van der Waals surface area contributed by atoms with Gasteiger partial charge in [0.15, 0.2) is 0 Å². The molecule has 2 rings (SSSR count). The van der Waals surface area contributed by atoms with E-state index in [1.807, 2.05) is 0 Å². The van der Waals surface area contributed by atoms with Crippen molar-refractivity contribution in [3.05, 3.63) is 42.0 Å². The molecule has 16 heavy (non-hydrogen) atoms. The maximum atomic E-state index is 13.2. The average Bonchev–Trinajstić information content (AvgIpc) is 2.27. The van der Waals surface area contributed by atoms with E-state index in [2.05, 4.69) is 15.3 Å². The molecule has 1 heterocycles. The van der Waals surface area contributed by atoms with Crippen LogP contribution in [0.5, 0.6) is 0 Å². The summed E-state index contributed by atoms with van der Waals surface area (Å²) < 4.78 is 13.2. The molecule has 0 bridgehead atoms. The van der Waals surface area contributed by atoms with Crippen LogP contribution >= 0.6 is 0 Å². The molecular formula is C11H11FN4. The normalized spacial score (nSPS) is 10.1. The Morgan fingerprint density at radius 2 is 1.94 bits per heavy atom. The second-order valence-corrected chi connectivity index (χ2v) is 3.43. The lowest BCUT2D eigenvalue weighted by atomic mass is 10.2. The molecule has 0 saturated carbocycles. The van der Waals surface area contributed by atoms with Crippen LogP contribution in [0.25, 0.3) is 0 Å². The summed E-state index contributed by atoms with van der Waals surface area (Å²) in [5.41, 5.74) is 7.14. The number of nitrogen functional groups attached to an aromatic ring is 1. The molecule has 3 N–H and O–H groups in total. The van der Waals surface area contributed by atoms with Crippen LogP contribution in [0, 0.1) is 12.7 Å². The van der Waals surface area contributed by atoms with Crippen molar-refractivity contribution < 1.29 is 4.39 Å². The summed E-state index contributed by atoms with van der Waals surface area (Å²) in [7, 11) is 0. The molecule has 0 aliphatic heterocycles. The lowest BCUT2D eigenvalue weighted by molar-refractivity contribution is 0.619. The molecule has 0 radical (unpaired) electrons. The van der Waals surface area contributed by atoms with Gasteiger partial charge in [0, 0.05) is 5.69 Å². The van der Waals surface area contributed by atoms with Gasteiger partial charge in [0.2, 0.25) is 5.95 Å². The molecule has 1 aromatic carbocycles. The summed E-state index contributed by atoms with van der Waals surface area (Å²) in [5, 5.41) is 2.88. The quantitative estimate of drug-likeness (QED) is 0.811. The van der Waals surface area contributed by atoms with Gasteiger partial charge in [0.05, 0.1) is 18.1 Å². The second kappa shape index (κ2) is 4.14. The van der Waals surface area contributed by atoms with E-state index < -0.39 is 0 Å². The first kappa shape index (κ1) is 10.4. The predicted molar refractivity (Wildman–Crippen MR) is 60.9 cm³/mol. The third-order valence-electron chi connectivity index (χ3n) is 2.10. The zero-order valence-corrected chi connectivity index (χ0v) is 8.74. The highest BCUT2D eigenvalue weighted by molar-refractivity contribution is 5.54. The molecular weight excluding hydrogens is 207 g/mol. The molecule has 0 fully saturated rings. The molecule has 4 nitrogen and oxygen atoms in total. The molecule has 2 aromatic rings. The van der Waals surface area contributed by atoms with E-state index in [4.69, 9.17) is 5.73 Å². The Labute approximate surface area is 92.3 Å². The summed E-state index contributed by atoms with van der Waals surface area (Å²) >= 11 is 0. The summed E-state index contributed by atoms with van der Waals surface area (Å²) in [6, 6.07) is 4.85. The molecule has 0 saturated heterocycles. The Morgan fingerprint density at radius 3 is 2.56 bits per heavy atom. The predicted octanol–water partition coefficient (Wildman–Crippen LogP) is 2.25. The Balaban J connectivity index is 2.20. The maximum Gasteiger partial charge on any atom is 0.227 e. The van der Waals surface area contributed by atoms with Gasteiger partial charge in [-0.25, -0.2) is 14.4 Å². The SMILES string of the molecule is Cc1ccc(Nc2ncc(N)cn2)cc1F. The third-order valence-corrected chi connectivity index (χ3v) is 2.10. The Hall–Kier alpha value is -2.17. The topological polar surface area (TPSA) is 63.8 Å². The maximum absolute atomic E-state index is 13.2. The number of aromatic nitrogens is 2. The highest BCUT2D eigenvalue weighted by Gasteiger charge is 2.01. The van der Waals surface area contributed by atoms with Crippen LogP contribution < -0.4 is 11.1 Å². The van der Waals surface area contributed by atoms with Gasteiger partial charge in [-0.15, -0.1) is 0 Å². The van der Waals surface area contributed by atoms with Gasteiger partial charge in [-0.05, 0) is 24.6 Å². The first-order valence-electron chi connectivity index (χ1n) is 4.76. The minimum absolute atomic E-state index is 0.263. The van der Waals surface area contributed by atoms with Crippen molar-refractivity contribution in [3.63, 3.8) is 0 Å². The van der Waals surface area contributed by atoms with Gasteiger partial charge in [0.25, 0.3) is 0 Å². The number of nitrogens with one attached hydrogen (secondary N) is 1. The van der Waals surface area contributed by atoms with Crippen molar-refractivity contribution in [2.45, 2.75) is 6.92 Å². The fourth-order valence-electron chi connectivity index (χ4n) is 1.20. The van der Waals surface area contributed by atoms with Crippen LogP contribution in [-0.4, -0.2) is 9.97 Å². The lowest BCUT2D eigenvalue weighted by Gasteiger charge is -2.05. The van der Waals surface area contributed by atoms with Gasteiger partial charge in [-0.2, -0.15) is 0 Å². The lowest BCUT2D eigenvalue weighted by Crippen LogP contribution is -1.98. The number of aryl methyl sites for hydroxylation is 1. The molecule has 82 valence electrons. The average molecular weight is 218 g/mol. The van der Waals surface area contributed by atoms with Gasteiger partial charge in [-0.1, -0.05) is 6.07 Å². The second-order valence-electron chi connectivity index (χ2n) is 3.43. The Morgan fingerprint density at radius 1 is 1.25 bits per heavy atom. The molecule has 0 unspecified atom stereocenters. The van der Waals surface area contributed by atoms with Crippen LogP contribution in [0.15, 0.2) is 30.6 Å². The Kier molecular flexibility index (Phi) is 2.68. The van der Waals surface area contributed by atoms with E-state index in [9.17, 15) is 4.39 Å². The standard InChI is InChI=1S/C11H11FN4/c1-7-2-3-9(4-10(7)12)16-11-14-5-8(13)6-15-11/h2-6H,13H2,1H3,(H,14,15,16). The van der Waals surface area contributed by atoms with E-state index >= 15 is 0 Å². The van der Waals surface area contributed by atoms with Crippen molar-refractivity contribution in [2.75, 3.05) is 11.1 Å². The smallest absolute Gasteiger partial charge is 0.227 e. The highest BCUT2D eigenvalue weighted by Crippen LogP contribution is 2.16. The zero-order valence-electron chi connectivity index (χ0n) is 8.74. The van der Waals surface area contributed by atoms with Crippen LogP contribution in [0.4, 0.5) is 21.7 Å². The number of halogens is 1. The van der Waals surface area contributed by atoms with Gasteiger partial charge in [-0.3, -0.25) is 0 Å². The van der Waals surface area contributed by atoms with E-state index in [0.29, 0.717) is 22.9 Å². The van der Waals surface area contributed by atoms with Crippen LogP contribution in [0.1, 0.15) is 5.56 Å². The number of rotatable bonds is 2. The third kappa shape index (κ3) is 2.25. The van der Waals surface area contributed by atoms with Crippen molar-refractivity contribution in [3.8, 4) is 0 Å². The van der Waals surface area contributed by atoms with Crippen molar-refractivity contribution >= 4 is 17.3 Å². The fraction of sp³-hybridized carbons (Fsp3) is 0.0909. The summed E-state index contributed by atoms with van der Waals surface area (Å²) in [5.74, 6) is 0.123. The minimum atomic E-state index is -0.263. The molecule has 0 atom stereocenters. The minimum Gasteiger partial charge on any atom is -0.396 e. The summed E-state index contributed by atoms with van der Waals surface area (Å²) in [6.07, 6.45) is 2.97. The number of hydrogen-bond donors (Lipinski definition) is 2. The van der Waals surface area contributed by atoms with Gasteiger partial charge >= 0.3 is 0 Å². The summed E-state index contributed by atoms with van der Waals surface area (Å²) in [6.45, 7) is 1.71. The van der Waals surface area contributed by atoms with Crippen LogP contribution in [0.2, 0.25) is 0 Å². The number of nitrogens with two attached hydrogens (primary N) is 1. The first-order chi connectivity index (χ1) is 7.65. The van der Waals surface area contributed by atoms with Crippen molar-refractivity contribution in [1.29, 1.82) is 0 Å². The zero-order chi connectivity index (χ0) is 11.5. The van der Waals surface area contributed by atoms with Gasteiger partial charge < -0.3 is 11.1 Å². The molecule has 1 aromatic heterocycles. The number of nitrogens with zero attached hydrogens (tertiary/aromatic N) is 2. The fourth-order valence-corrected chi connectivity index (χ4v) is 1.20.